The van der Waals surface area contributed by atoms with E-state index in [9.17, 15) is 4.79 Å². The van der Waals surface area contributed by atoms with E-state index in [1.165, 1.54) is 0 Å². The molecular weight excluding hydrogens is 220 g/mol. The quantitative estimate of drug-likeness (QED) is 0.764. The number of carbonyl (C=O) groups excluding carboxylic acids is 1. The second kappa shape index (κ2) is 6.67. The Labute approximate surface area is 101 Å². The highest BCUT2D eigenvalue weighted by atomic mass is 16.5. The summed E-state index contributed by atoms with van der Waals surface area (Å²) in [5.41, 5.74) is 0.785. The number of anilines is 1. The van der Waals surface area contributed by atoms with E-state index in [0.717, 1.165) is 12.1 Å². The van der Waals surface area contributed by atoms with E-state index in [1.807, 2.05) is 13.8 Å². The van der Waals surface area contributed by atoms with Crippen LogP contribution in [0.2, 0.25) is 0 Å². The van der Waals surface area contributed by atoms with Gasteiger partial charge in [0, 0.05) is 18.3 Å². The van der Waals surface area contributed by atoms with Gasteiger partial charge in [-0.15, -0.1) is 0 Å². The van der Waals surface area contributed by atoms with Crippen LogP contribution >= 0.6 is 0 Å². The van der Waals surface area contributed by atoms with E-state index in [4.69, 9.17) is 4.74 Å². The van der Waals surface area contributed by atoms with Crippen LogP contribution in [0.4, 0.5) is 5.95 Å². The summed E-state index contributed by atoms with van der Waals surface area (Å²) < 4.78 is 5.02. The SMILES string of the molecule is CCCNC(=O)CNc1nc(C)cc(OC)n1. The molecule has 6 nitrogen and oxygen atoms in total. The summed E-state index contributed by atoms with van der Waals surface area (Å²) in [5.74, 6) is 0.804. The molecule has 0 aromatic carbocycles. The molecule has 1 heterocycles. The summed E-state index contributed by atoms with van der Waals surface area (Å²) in [6, 6.07) is 1.72. The lowest BCUT2D eigenvalue weighted by molar-refractivity contribution is -0.119. The first-order valence-corrected chi connectivity index (χ1v) is 5.56. The number of ether oxygens (including phenoxy) is 1. The molecule has 0 saturated carbocycles. The Morgan fingerprint density at radius 3 is 2.88 bits per heavy atom. The van der Waals surface area contributed by atoms with Crippen molar-refractivity contribution in [1.82, 2.24) is 15.3 Å². The van der Waals surface area contributed by atoms with Crippen molar-refractivity contribution >= 4 is 11.9 Å². The van der Waals surface area contributed by atoms with Gasteiger partial charge in [0.1, 0.15) is 0 Å². The van der Waals surface area contributed by atoms with Crippen LogP contribution in [0.25, 0.3) is 0 Å². The Hall–Kier alpha value is -1.85. The van der Waals surface area contributed by atoms with E-state index >= 15 is 0 Å². The van der Waals surface area contributed by atoms with E-state index in [2.05, 4.69) is 20.6 Å². The molecule has 1 rings (SSSR count). The molecule has 1 amide bonds. The molecule has 1 aromatic heterocycles. The van der Waals surface area contributed by atoms with Crippen molar-refractivity contribution in [2.75, 3.05) is 25.5 Å². The fourth-order valence-electron chi connectivity index (χ4n) is 1.21. The Bertz CT molecular complexity index is 382. The number of aromatic nitrogens is 2. The zero-order valence-electron chi connectivity index (χ0n) is 10.4. The number of aryl methyl sites for hydroxylation is 1. The summed E-state index contributed by atoms with van der Waals surface area (Å²) in [6.45, 7) is 4.68. The van der Waals surface area contributed by atoms with Gasteiger partial charge in [0.05, 0.1) is 13.7 Å². The molecule has 0 radical (unpaired) electrons. The number of nitrogens with zero attached hydrogens (tertiary/aromatic N) is 2. The van der Waals surface area contributed by atoms with Gasteiger partial charge < -0.3 is 15.4 Å². The van der Waals surface area contributed by atoms with Crippen LogP contribution < -0.4 is 15.4 Å². The molecule has 0 aliphatic heterocycles. The largest absolute Gasteiger partial charge is 0.481 e. The van der Waals surface area contributed by atoms with Gasteiger partial charge in [-0.2, -0.15) is 4.98 Å². The number of methoxy groups -OCH3 is 1. The maximum Gasteiger partial charge on any atom is 0.239 e. The van der Waals surface area contributed by atoms with Crippen LogP contribution in [0.15, 0.2) is 6.07 Å². The first-order chi connectivity index (χ1) is 8.15. The predicted molar refractivity (Wildman–Crippen MR) is 65.1 cm³/mol. The molecule has 94 valence electrons. The van der Waals surface area contributed by atoms with Gasteiger partial charge in [-0.05, 0) is 13.3 Å². The van der Waals surface area contributed by atoms with Gasteiger partial charge in [0.2, 0.25) is 17.7 Å². The molecule has 0 aliphatic carbocycles. The van der Waals surface area contributed by atoms with Crippen LogP contribution in [-0.2, 0) is 4.79 Å². The molecule has 0 fully saturated rings. The van der Waals surface area contributed by atoms with Crippen LogP contribution in [0.1, 0.15) is 19.0 Å². The maximum atomic E-state index is 11.4. The van der Waals surface area contributed by atoms with Crippen LogP contribution in [0.5, 0.6) is 5.88 Å². The van der Waals surface area contributed by atoms with Crippen molar-refractivity contribution in [3.8, 4) is 5.88 Å². The third-order valence-electron chi connectivity index (χ3n) is 2.02. The molecular formula is C11H18N4O2. The van der Waals surface area contributed by atoms with Crippen molar-refractivity contribution in [2.45, 2.75) is 20.3 Å². The van der Waals surface area contributed by atoms with Crippen molar-refractivity contribution < 1.29 is 9.53 Å². The Morgan fingerprint density at radius 1 is 1.47 bits per heavy atom. The lowest BCUT2D eigenvalue weighted by Gasteiger charge is -2.07. The summed E-state index contributed by atoms with van der Waals surface area (Å²) in [5, 5.41) is 5.61. The first kappa shape index (κ1) is 13.2. The monoisotopic (exact) mass is 238 g/mol. The molecule has 0 bridgehead atoms. The van der Waals surface area contributed by atoms with E-state index in [-0.39, 0.29) is 12.5 Å². The van der Waals surface area contributed by atoms with Gasteiger partial charge in [0.25, 0.3) is 0 Å². The zero-order chi connectivity index (χ0) is 12.7. The second-order valence-electron chi connectivity index (χ2n) is 3.58. The number of carbonyl (C=O) groups is 1. The van der Waals surface area contributed by atoms with Crippen molar-refractivity contribution in [1.29, 1.82) is 0 Å². The minimum absolute atomic E-state index is 0.0732. The van der Waals surface area contributed by atoms with Crippen molar-refractivity contribution in [3.05, 3.63) is 11.8 Å². The second-order valence-corrected chi connectivity index (χ2v) is 3.58. The number of amides is 1. The molecule has 17 heavy (non-hydrogen) atoms. The third-order valence-corrected chi connectivity index (χ3v) is 2.02. The number of hydrogen-bond donors (Lipinski definition) is 2. The van der Waals surface area contributed by atoms with Gasteiger partial charge in [0.15, 0.2) is 0 Å². The summed E-state index contributed by atoms with van der Waals surface area (Å²) in [4.78, 5) is 19.6. The summed E-state index contributed by atoms with van der Waals surface area (Å²) in [7, 11) is 1.54. The Kier molecular flexibility index (Phi) is 5.19. The van der Waals surface area contributed by atoms with Gasteiger partial charge in [-0.1, -0.05) is 6.92 Å². The van der Waals surface area contributed by atoms with Crippen LogP contribution in [-0.4, -0.2) is 36.1 Å². The minimum Gasteiger partial charge on any atom is -0.481 e. The van der Waals surface area contributed by atoms with Gasteiger partial charge >= 0.3 is 0 Å². The third kappa shape index (κ3) is 4.67. The number of hydrogen-bond acceptors (Lipinski definition) is 5. The molecule has 1 aromatic rings. The van der Waals surface area contributed by atoms with Crippen LogP contribution in [0, 0.1) is 6.92 Å². The van der Waals surface area contributed by atoms with E-state index in [1.54, 1.807) is 13.2 Å². The van der Waals surface area contributed by atoms with Gasteiger partial charge in [-0.3, -0.25) is 4.79 Å². The Morgan fingerprint density at radius 2 is 2.24 bits per heavy atom. The summed E-state index contributed by atoms with van der Waals surface area (Å²) >= 11 is 0. The highest BCUT2D eigenvalue weighted by molar-refractivity contribution is 5.80. The molecule has 0 saturated heterocycles. The smallest absolute Gasteiger partial charge is 0.239 e. The molecule has 6 heteroatoms. The molecule has 0 unspecified atom stereocenters. The highest BCUT2D eigenvalue weighted by Gasteiger charge is 2.04. The standard InChI is InChI=1S/C11H18N4O2/c1-4-5-12-9(16)7-13-11-14-8(2)6-10(15-11)17-3/h6H,4-5,7H2,1-3H3,(H,12,16)(H,13,14,15). The molecule has 0 atom stereocenters. The normalized spacial score (nSPS) is 9.82. The van der Waals surface area contributed by atoms with E-state index in [0.29, 0.717) is 18.4 Å². The molecule has 0 aliphatic rings. The minimum atomic E-state index is -0.0732. The highest BCUT2D eigenvalue weighted by Crippen LogP contribution is 2.10. The lowest BCUT2D eigenvalue weighted by atomic mass is 10.4. The van der Waals surface area contributed by atoms with Crippen molar-refractivity contribution in [2.24, 2.45) is 0 Å². The predicted octanol–water partition coefficient (Wildman–Crippen LogP) is 0.732. The topological polar surface area (TPSA) is 76.1 Å². The number of nitrogens with one attached hydrogen (secondary N) is 2. The average Bonchev–Trinajstić information content (AvgIpc) is 2.33. The summed E-state index contributed by atoms with van der Waals surface area (Å²) in [6.07, 6.45) is 0.917. The van der Waals surface area contributed by atoms with Gasteiger partial charge in [-0.25, -0.2) is 4.98 Å². The zero-order valence-corrected chi connectivity index (χ0v) is 10.4. The Balaban J connectivity index is 2.51. The van der Waals surface area contributed by atoms with Crippen LogP contribution in [0.3, 0.4) is 0 Å². The molecule has 0 spiro atoms. The first-order valence-electron chi connectivity index (χ1n) is 5.56. The van der Waals surface area contributed by atoms with E-state index < -0.39 is 0 Å². The fraction of sp³-hybridized carbons (Fsp3) is 0.545. The lowest BCUT2D eigenvalue weighted by Crippen LogP contribution is -2.30. The maximum absolute atomic E-state index is 11.4. The molecule has 2 N–H and O–H groups in total. The average molecular weight is 238 g/mol. The number of rotatable bonds is 6. The fourth-order valence-corrected chi connectivity index (χ4v) is 1.21. The van der Waals surface area contributed by atoms with Crippen molar-refractivity contribution in [3.63, 3.8) is 0 Å².